The van der Waals surface area contributed by atoms with Crippen LogP contribution in [0.15, 0.2) is 0 Å². The van der Waals surface area contributed by atoms with Crippen LogP contribution in [0.2, 0.25) is 0 Å². The summed E-state index contributed by atoms with van der Waals surface area (Å²) in [6.45, 7) is 1.42. The molecule has 0 amide bonds. The molecule has 76 valence electrons. The average Bonchev–Trinajstić information content (AvgIpc) is 2.72. The van der Waals surface area contributed by atoms with Gasteiger partial charge in [0, 0.05) is 18.3 Å². The Labute approximate surface area is 81.7 Å². The van der Waals surface area contributed by atoms with Crippen LogP contribution in [-0.4, -0.2) is 38.1 Å². The molecular formula is C9H17NO2S. The van der Waals surface area contributed by atoms with Gasteiger partial charge in [-0.1, -0.05) is 12.8 Å². The second-order valence-corrected chi connectivity index (χ2v) is 5.75. The SMILES string of the molecule is O=S(C1CCCC1)N1CC[C@H](O)C1. The monoisotopic (exact) mass is 203 g/mol. The molecule has 2 aliphatic rings. The summed E-state index contributed by atoms with van der Waals surface area (Å²) in [7, 11) is -0.818. The normalized spacial score (nSPS) is 34.1. The molecule has 0 aromatic carbocycles. The van der Waals surface area contributed by atoms with Gasteiger partial charge in [0.2, 0.25) is 0 Å². The largest absolute Gasteiger partial charge is 0.392 e. The van der Waals surface area contributed by atoms with Gasteiger partial charge in [-0.3, -0.25) is 0 Å². The summed E-state index contributed by atoms with van der Waals surface area (Å²) in [6, 6.07) is 0. The fourth-order valence-electron chi connectivity index (χ4n) is 2.17. The van der Waals surface area contributed by atoms with E-state index in [9.17, 15) is 9.32 Å². The maximum atomic E-state index is 11.9. The Morgan fingerprint density at radius 1 is 1.23 bits per heavy atom. The molecule has 2 atom stereocenters. The highest BCUT2D eigenvalue weighted by Gasteiger charge is 2.30. The molecule has 4 heteroatoms. The summed E-state index contributed by atoms with van der Waals surface area (Å²) in [5, 5.41) is 9.70. The lowest BCUT2D eigenvalue weighted by atomic mass is 10.3. The first-order valence-electron chi connectivity index (χ1n) is 5.11. The molecule has 0 radical (unpaired) electrons. The fourth-order valence-corrected chi connectivity index (χ4v) is 3.94. The van der Waals surface area contributed by atoms with Crippen molar-refractivity contribution in [2.24, 2.45) is 0 Å². The van der Waals surface area contributed by atoms with Gasteiger partial charge < -0.3 is 5.11 Å². The Balaban J connectivity index is 1.89. The molecule has 1 aliphatic heterocycles. The van der Waals surface area contributed by atoms with Gasteiger partial charge >= 0.3 is 0 Å². The van der Waals surface area contributed by atoms with Gasteiger partial charge in [-0.2, -0.15) is 0 Å². The van der Waals surface area contributed by atoms with Gasteiger partial charge in [0.1, 0.15) is 0 Å². The summed E-state index contributed by atoms with van der Waals surface area (Å²) < 4.78 is 13.9. The van der Waals surface area contributed by atoms with Crippen LogP contribution in [0, 0.1) is 0 Å². The maximum Gasteiger partial charge on any atom is 0.0975 e. The van der Waals surface area contributed by atoms with Crippen molar-refractivity contribution in [1.82, 2.24) is 4.31 Å². The summed E-state index contributed by atoms with van der Waals surface area (Å²) in [5.74, 6) is 0. The van der Waals surface area contributed by atoms with Crippen LogP contribution in [0.25, 0.3) is 0 Å². The van der Waals surface area contributed by atoms with Crippen LogP contribution in [0.5, 0.6) is 0 Å². The zero-order chi connectivity index (χ0) is 9.26. The van der Waals surface area contributed by atoms with E-state index in [4.69, 9.17) is 0 Å². The Bertz CT molecular complexity index is 204. The van der Waals surface area contributed by atoms with Crippen molar-refractivity contribution < 1.29 is 9.32 Å². The minimum Gasteiger partial charge on any atom is -0.392 e. The maximum absolute atomic E-state index is 11.9. The van der Waals surface area contributed by atoms with E-state index in [2.05, 4.69) is 0 Å². The number of nitrogens with zero attached hydrogens (tertiary/aromatic N) is 1. The number of β-amino-alcohol motifs (C(OH)–C–C–N with tert-alkyl or cyclic N) is 1. The number of rotatable bonds is 2. The molecule has 1 unspecified atom stereocenters. The van der Waals surface area contributed by atoms with Crippen molar-refractivity contribution >= 4 is 11.0 Å². The van der Waals surface area contributed by atoms with E-state index in [-0.39, 0.29) is 6.10 Å². The molecule has 0 bridgehead atoms. The summed E-state index contributed by atoms with van der Waals surface area (Å²) in [5.41, 5.74) is 0. The molecule has 1 heterocycles. The van der Waals surface area contributed by atoms with Crippen LogP contribution < -0.4 is 0 Å². The molecule has 0 aromatic heterocycles. The minimum atomic E-state index is -0.818. The van der Waals surface area contributed by atoms with E-state index in [1.54, 1.807) is 0 Å². The van der Waals surface area contributed by atoms with Crippen LogP contribution in [-0.2, 0) is 11.0 Å². The zero-order valence-corrected chi connectivity index (χ0v) is 8.63. The van der Waals surface area contributed by atoms with E-state index in [1.165, 1.54) is 12.8 Å². The molecule has 2 rings (SSSR count). The van der Waals surface area contributed by atoms with Crippen molar-refractivity contribution in [3.05, 3.63) is 0 Å². The molecule has 1 aliphatic carbocycles. The van der Waals surface area contributed by atoms with Gasteiger partial charge in [0.25, 0.3) is 0 Å². The highest BCUT2D eigenvalue weighted by Crippen LogP contribution is 2.26. The van der Waals surface area contributed by atoms with Crippen molar-refractivity contribution in [2.45, 2.75) is 43.5 Å². The van der Waals surface area contributed by atoms with E-state index in [1.807, 2.05) is 4.31 Å². The van der Waals surface area contributed by atoms with Gasteiger partial charge in [0.15, 0.2) is 0 Å². The third-order valence-electron chi connectivity index (χ3n) is 2.97. The number of hydrogen-bond acceptors (Lipinski definition) is 2. The third kappa shape index (κ3) is 2.11. The quantitative estimate of drug-likeness (QED) is 0.716. The summed E-state index contributed by atoms with van der Waals surface area (Å²) in [6.07, 6.45) is 5.22. The molecule has 0 spiro atoms. The summed E-state index contributed by atoms with van der Waals surface area (Å²) in [4.78, 5) is 0. The van der Waals surface area contributed by atoms with E-state index < -0.39 is 11.0 Å². The van der Waals surface area contributed by atoms with Crippen LogP contribution in [0.1, 0.15) is 32.1 Å². The predicted molar refractivity (Wildman–Crippen MR) is 52.6 cm³/mol. The van der Waals surface area contributed by atoms with E-state index in [0.29, 0.717) is 11.8 Å². The van der Waals surface area contributed by atoms with E-state index in [0.717, 1.165) is 25.8 Å². The number of aliphatic hydroxyl groups excluding tert-OH is 1. The highest BCUT2D eigenvalue weighted by molar-refractivity contribution is 7.83. The van der Waals surface area contributed by atoms with Crippen LogP contribution in [0.4, 0.5) is 0 Å². The third-order valence-corrected chi connectivity index (χ3v) is 4.85. The Kier molecular flexibility index (Phi) is 3.01. The second-order valence-electron chi connectivity index (χ2n) is 4.01. The lowest BCUT2D eigenvalue weighted by Crippen LogP contribution is -2.31. The van der Waals surface area contributed by atoms with E-state index >= 15 is 0 Å². The first-order valence-corrected chi connectivity index (χ1v) is 6.28. The minimum absolute atomic E-state index is 0.245. The average molecular weight is 203 g/mol. The molecule has 0 aromatic rings. The second kappa shape index (κ2) is 4.07. The summed E-state index contributed by atoms with van der Waals surface area (Å²) >= 11 is 0. The molecule has 1 saturated heterocycles. The predicted octanol–water partition coefficient (Wildman–Crippen LogP) is 0.659. The van der Waals surface area contributed by atoms with Crippen molar-refractivity contribution in [3.8, 4) is 0 Å². The fraction of sp³-hybridized carbons (Fsp3) is 1.00. The number of aliphatic hydroxyl groups is 1. The van der Waals surface area contributed by atoms with Crippen molar-refractivity contribution in [3.63, 3.8) is 0 Å². The molecular weight excluding hydrogens is 186 g/mol. The van der Waals surface area contributed by atoms with Gasteiger partial charge in [-0.05, 0) is 19.3 Å². The van der Waals surface area contributed by atoms with Crippen molar-refractivity contribution in [1.29, 1.82) is 0 Å². The highest BCUT2D eigenvalue weighted by atomic mass is 32.2. The Hall–Kier alpha value is 0.0700. The van der Waals surface area contributed by atoms with Gasteiger partial charge in [0.05, 0.1) is 17.1 Å². The Morgan fingerprint density at radius 3 is 2.46 bits per heavy atom. The zero-order valence-electron chi connectivity index (χ0n) is 7.82. The van der Waals surface area contributed by atoms with Crippen LogP contribution in [0.3, 0.4) is 0 Å². The lowest BCUT2D eigenvalue weighted by molar-refractivity contribution is 0.190. The van der Waals surface area contributed by atoms with Gasteiger partial charge in [-0.15, -0.1) is 0 Å². The standard InChI is InChI=1S/C9H17NO2S/c11-8-5-6-10(7-8)13(12)9-3-1-2-4-9/h8-9,11H,1-7H2/t8-,13?/m0/s1. The Morgan fingerprint density at radius 2 is 1.92 bits per heavy atom. The molecule has 3 nitrogen and oxygen atoms in total. The first kappa shape index (κ1) is 9.62. The smallest absolute Gasteiger partial charge is 0.0975 e. The molecule has 1 N–H and O–H groups in total. The van der Waals surface area contributed by atoms with Gasteiger partial charge in [-0.25, -0.2) is 8.51 Å². The lowest BCUT2D eigenvalue weighted by Gasteiger charge is -2.18. The van der Waals surface area contributed by atoms with Crippen LogP contribution >= 0.6 is 0 Å². The molecule has 1 saturated carbocycles. The van der Waals surface area contributed by atoms with Crippen molar-refractivity contribution in [2.75, 3.05) is 13.1 Å². The first-order chi connectivity index (χ1) is 6.27. The topological polar surface area (TPSA) is 40.5 Å². The molecule has 13 heavy (non-hydrogen) atoms. The number of hydrogen-bond donors (Lipinski definition) is 1. The molecule has 2 fully saturated rings.